The largest absolute Gasteiger partial charge is 0.312 e. The van der Waals surface area contributed by atoms with Gasteiger partial charge in [-0.05, 0) is 24.6 Å². The third-order valence-corrected chi connectivity index (χ3v) is 1.78. The van der Waals surface area contributed by atoms with Gasteiger partial charge in [0.2, 0.25) is 0 Å². The molecule has 0 aliphatic carbocycles. The predicted octanol–water partition coefficient (Wildman–Crippen LogP) is 1.25. The Morgan fingerprint density at radius 3 is 2.93 bits per heavy atom. The number of aliphatic imine (C=N–C) groups is 1. The van der Waals surface area contributed by atoms with E-state index in [2.05, 4.69) is 10.4 Å². The molecule has 0 radical (unpaired) electrons. The number of hydrazine groups is 1. The van der Waals surface area contributed by atoms with E-state index in [1.165, 1.54) is 12.1 Å². The molecule has 0 unspecified atom stereocenters. The van der Waals surface area contributed by atoms with E-state index in [0.29, 0.717) is 18.8 Å². The van der Waals surface area contributed by atoms with Gasteiger partial charge >= 0.3 is 0 Å². The third-order valence-electron chi connectivity index (χ3n) is 1.78. The Morgan fingerprint density at radius 2 is 2.36 bits per heavy atom. The first-order chi connectivity index (χ1) is 6.76. The molecule has 0 aliphatic heterocycles. The summed E-state index contributed by atoms with van der Waals surface area (Å²) in [6.45, 7) is 2.58. The maximum absolute atomic E-state index is 12.8. The van der Waals surface area contributed by atoms with Crippen LogP contribution in [0.2, 0.25) is 0 Å². The summed E-state index contributed by atoms with van der Waals surface area (Å²) in [5.74, 6) is 5.69. The molecule has 3 nitrogen and oxygen atoms in total. The minimum Gasteiger partial charge on any atom is -0.312 e. The molecule has 76 valence electrons. The monoisotopic (exact) mass is 195 g/mol. The molecule has 0 atom stereocenters. The minimum absolute atomic E-state index is 0.240. The van der Waals surface area contributed by atoms with Gasteiger partial charge in [0.15, 0.2) is 0 Å². The molecule has 0 bridgehead atoms. The lowest BCUT2D eigenvalue weighted by molar-refractivity contribution is 0.626. The van der Waals surface area contributed by atoms with Crippen LogP contribution in [0.4, 0.5) is 4.39 Å². The summed E-state index contributed by atoms with van der Waals surface area (Å²) in [5, 5.41) is 0. The summed E-state index contributed by atoms with van der Waals surface area (Å²) < 4.78 is 12.8. The van der Waals surface area contributed by atoms with Gasteiger partial charge in [-0.25, -0.2) is 10.2 Å². The van der Waals surface area contributed by atoms with Crippen LogP contribution in [0.1, 0.15) is 12.5 Å². The zero-order chi connectivity index (χ0) is 10.4. The van der Waals surface area contributed by atoms with Crippen molar-refractivity contribution in [2.24, 2.45) is 10.8 Å². The zero-order valence-electron chi connectivity index (χ0n) is 8.13. The summed E-state index contributed by atoms with van der Waals surface area (Å²) in [5.41, 5.74) is 3.36. The Labute approximate surface area is 82.8 Å². The molecule has 0 heterocycles. The molecule has 0 spiro atoms. The SMILES string of the molecule is CCN=C(Cc1cccc(F)c1)NN. The van der Waals surface area contributed by atoms with Gasteiger partial charge in [0, 0.05) is 13.0 Å². The maximum Gasteiger partial charge on any atom is 0.123 e. The number of nitrogens with one attached hydrogen (secondary N) is 1. The minimum atomic E-state index is -0.240. The van der Waals surface area contributed by atoms with Crippen LogP contribution in [-0.2, 0) is 6.42 Å². The summed E-state index contributed by atoms with van der Waals surface area (Å²) in [4.78, 5) is 4.13. The zero-order valence-corrected chi connectivity index (χ0v) is 8.13. The highest BCUT2D eigenvalue weighted by molar-refractivity contribution is 5.83. The van der Waals surface area contributed by atoms with Crippen molar-refractivity contribution in [3.63, 3.8) is 0 Å². The van der Waals surface area contributed by atoms with Gasteiger partial charge in [-0.1, -0.05) is 12.1 Å². The van der Waals surface area contributed by atoms with E-state index in [4.69, 9.17) is 5.84 Å². The number of hydrogen-bond acceptors (Lipinski definition) is 2. The van der Waals surface area contributed by atoms with Crippen molar-refractivity contribution in [2.45, 2.75) is 13.3 Å². The number of amidine groups is 1. The fourth-order valence-electron chi connectivity index (χ4n) is 1.18. The topological polar surface area (TPSA) is 50.4 Å². The van der Waals surface area contributed by atoms with Crippen molar-refractivity contribution in [2.75, 3.05) is 6.54 Å². The van der Waals surface area contributed by atoms with Crippen molar-refractivity contribution in [1.82, 2.24) is 5.43 Å². The van der Waals surface area contributed by atoms with Crippen molar-refractivity contribution < 1.29 is 4.39 Å². The Balaban J connectivity index is 2.72. The van der Waals surface area contributed by atoms with E-state index < -0.39 is 0 Å². The van der Waals surface area contributed by atoms with Crippen molar-refractivity contribution in [3.8, 4) is 0 Å². The molecule has 0 amide bonds. The molecule has 0 saturated heterocycles. The first-order valence-corrected chi connectivity index (χ1v) is 4.50. The van der Waals surface area contributed by atoms with E-state index in [1.807, 2.05) is 13.0 Å². The van der Waals surface area contributed by atoms with Gasteiger partial charge in [-0.2, -0.15) is 0 Å². The average molecular weight is 195 g/mol. The molecular formula is C10H14FN3. The highest BCUT2D eigenvalue weighted by Crippen LogP contribution is 2.04. The smallest absolute Gasteiger partial charge is 0.123 e. The lowest BCUT2D eigenvalue weighted by Gasteiger charge is -2.05. The van der Waals surface area contributed by atoms with Crippen LogP contribution in [0.5, 0.6) is 0 Å². The molecule has 1 aromatic rings. The Bertz CT molecular complexity index is 323. The number of benzene rings is 1. The number of nitrogens with two attached hydrogens (primary N) is 1. The van der Waals surface area contributed by atoms with Crippen LogP contribution in [0.25, 0.3) is 0 Å². The fraction of sp³-hybridized carbons (Fsp3) is 0.300. The highest BCUT2D eigenvalue weighted by Gasteiger charge is 1.99. The predicted molar refractivity (Wildman–Crippen MR) is 55.4 cm³/mol. The van der Waals surface area contributed by atoms with Gasteiger partial charge in [0.05, 0.1) is 0 Å². The summed E-state index contributed by atoms with van der Waals surface area (Å²) >= 11 is 0. The molecule has 4 heteroatoms. The molecule has 0 saturated carbocycles. The second kappa shape index (κ2) is 5.34. The average Bonchev–Trinajstić information content (AvgIpc) is 2.17. The molecule has 3 N–H and O–H groups in total. The second-order valence-electron chi connectivity index (χ2n) is 2.87. The number of halogens is 1. The summed E-state index contributed by atoms with van der Waals surface area (Å²) in [7, 11) is 0. The standard InChI is InChI=1S/C10H14FN3/c1-2-13-10(14-12)7-8-4-3-5-9(11)6-8/h3-6H,2,7,12H2,1H3,(H,13,14). The number of nitrogens with zero attached hydrogens (tertiary/aromatic N) is 1. The Kier molecular flexibility index (Phi) is 4.07. The van der Waals surface area contributed by atoms with E-state index in [9.17, 15) is 4.39 Å². The molecule has 14 heavy (non-hydrogen) atoms. The Morgan fingerprint density at radius 1 is 1.57 bits per heavy atom. The molecule has 0 fully saturated rings. The third kappa shape index (κ3) is 3.14. The van der Waals surface area contributed by atoms with Gasteiger partial charge in [0.1, 0.15) is 11.7 Å². The maximum atomic E-state index is 12.8. The molecule has 0 aromatic heterocycles. The number of rotatable bonds is 3. The van der Waals surface area contributed by atoms with Gasteiger partial charge in [-0.3, -0.25) is 4.99 Å². The van der Waals surface area contributed by atoms with E-state index in [-0.39, 0.29) is 5.82 Å². The Hall–Kier alpha value is -1.42. The van der Waals surface area contributed by atoms with E-state index >= 15 is 0 Å². The van der Waals surface area contributed by atoms with Crippen LogP contribution in [0.3, 0.4) is 0 Å². The number of hydrogen-bond donors (Lipinski definition) is 2. The van der Waals surface area contributed by atoms with Crippen LogP contribution < -0.4 is 11.3 Å². The van der Waals surface area contributed by atoms with Crippen LogP contribution in [0, 0.1) is 5.82 Å². The van der Waals surface area contributed by atoms with Gasteiger partial charge in [0.25, 0.3) is 0 Å². The van der Waals surface area contributed by atoms with Gasteiger partial charge < -0.3 is 5.43 Å². The van der Waals surface area contributed by atoms with Gasteiger partial charge in [-0.15, -0.1) is 0 Å². The second-order valence-corrected chi connectivity index (χ2v) is 2.87. The first-order valence-electron chi connectivity index (χ1n) is 4.50. The fourth-order valence-corrected chi connectivity index (χ4v) is 1.18. The lowest BCUT2D eigenvalue weighted by Crippen LogP contribution is -2.32. The van der Waals surface area contributed by atoms with Crippen molar-refractivity contribution in [1.29, 1.82) is 0 Å². The lowest BCUT2D eigenvalue weighted by atomic mass is 10.1. The van der Waals surface area contributed by atoms with Crippen molar-refractivity contribution in [3.05, 3.63) is 35.6 Å². The van der Waals surface area contributed by atoms with E-state index in [0.717, 1.165) is 5.56 Å². The van der Waals surface area contributed by atoms with Crippen molar-refractivity contribution >= 4 is 5.84 Å². The quantitative estimate of drug-likeness (QED) is 0.330. The van der Waals surface area contributed by atoms with Crippen LogP contribution in [0.15, 0.2) is 29.3 Å². The molecule has 0 aliphatic rings. The van der Waals surface area contributed by atoms with E-state index in [1.54, 1.807) is 6.07 Å². The summed E-state index contributed by atoms with van der Waals surface area (Å²) in [6.07, 6.45) is 0.530. The highest BCUT2D eigenvalue weighted by atomic mass is 19.1. The molecule has 1 aromatic carbocycles. The van der Waals surface area contributed by atoms with Crippen LogP contribution >= 0.6 is 0 Å². The summed E-state index contributed by atoms with van der Waals surface area (Å²) in [6, 6.07) is 6.40. The van der Waals surface area contributed by atoms with Crippen LogP contribution in [-0.4, -0.2) is 12.4 Å². The molecular weight excluding hydrogens is 181 g/mol. The first kappa shape index (κ1) is 10.7. The normalized spacial score (nSPS) is 11.5. The molecule has 1 rings (SSSR count).